The number of carbonyl (C=O) groups excluding carboxylic acids is 1. The second-order valence-electron chi connectivity index (χ2n) is 4.57. The van der Waals surface area contributed by atoms with Crippen molar-refractivity contribution in [2.45, 2.75) is 39.0 Å². The standard InChI is InChI=1S/C15H19NO/c1-2-3-4-5-6-12-7-8-15-13(9-12)10-14(11-17)16-15/h7-11,16H,2-6H2,1H3. The molecule has 17 heavy (non-hydrogen) atoms. The first-order valence-electron chi connectivity index (χ1n) is 6.40. The molecule has 1 N–H and O–H groups in total. The molecule has 1 aromatic carbocycles. The summed E-state index contributed by atoms with van der Waals surface area (Å²) in [4.78, 5) is 13.8. The molecule has 0 fully saturated rings. The van der Waals surface area contributed by atoms with Gasteiger partial charge in [-0.15, -0.1) is 0 Å². The van der Waals surface area contributed by atoms with Crippen molar-refractivity contribution in [1.82, 2.24) is 4.98 Å². The fourth-order valence-corrected chi connectivity index (χ4v) is 2.18. The van der Waals surface area contributed by atoms with Gasteiger partial charge in [0, 0.05) is 10.9 Å². The molecule has 0 spiro atoms. The Morgan fingerprint density at radius 3 is 2.82 bits per heavy atom. The molecule has 2 heteroatoms. The fourth-order valence-electron chi connectivity index (χ4n) is 2.18. The number of unbranched alkanes of at least 4 members (excludes halogenated alkanes) is 3. The van der Waals surface area contributed by atoms with Gasteiger partial charge < -0.3 is 4.98 Å². The number of H-pyrrole nitrogens is 1. The van der Waals surface area contributed by atoms with E-state index in [1.807, 2.05) is 6.07 Å². The van der Waals surface area contributed by atoms with Crippen LogP contribution in [0.1, 0.15) is 48.7 Å². The Kier molecular flexibility index (Phi) is 3.97. The molecule has 90 valence electrons. The number of hydrogen-bond donors (Lipinski definition) is 1. The minimum atomic E-state index is 0.656. The Morgan fingerprint density at radius 2 is 2.06 bits per heavy atom. The lowest BCUT2D eigenvalue weighted by Gasteiger charge is -2.01. The van der Waals surface area contributed by atoms with Crippen molar-refractivity contribution in [3.05, 3.63) is 35.5 Å². The molecule has 0 unspecified atom stereocenters. The van der Waals surface area contributed by atoms with Crippen molar-refractivity contribution in [3.63, 3.8) is 0 Å². The molecule has 0 bridgehead atoms. The zero-order valence-corrected chi connectivity index (χ0v) is 10.3. The van der Waals surface area contributed by atoms with Crippen molar-refractivity contribution in [2.75, 3.05) is 0 Å². The third kappa shape index (κ3) is 2.96. The maximum Gasteiger partial charge on any atom is 0.166 e. The lowest BCUT2D eigenvalue weighted by molar-refractivity contribution is 0.112. The van der Waals surface area contributed by atoms with Crippen LogP contribution in [0.3, 0.4) is 0 Å². The van der Waals surface area contributed by atoms with Crippen LogP contribution >= 0.6 is 0 Å². The first kappa shape index (κ1) is 11.9. The first-order valence-corrected chi connectivity index (χ1v) is 6.40. The number of hydrogen-bond acceptors (Lipinski definition) is 1. The summed E-state index contributed by atoms with van der Waals surface area (Å²) in [5, 5.41) is 1.14. The second-order valence-corrected chi connectivity index (χ2v) is 4.57. The van der Waals surface area contributed by atoms with Crippen molar-refractivity contribution < 1.29 is 4.79 Å². The summed E-state index contributed by atoms with van der Waals surface area (Å²) in [6, 6.07) is 8.32. The lowest BCUT2D eigenvalue weighted by atomic mass is 10.0. The van der Waals surface area contributed by atoms with Crippen molar-refractivity contribution >= 4 is 17.2 Å². The van der Waals surface area contributed by atoms with Crippen LogP contribution in [0.4, 0.5) is 0 Å². The quantitative estimate of drug-likeness (QED) is 0.587. The number of aldehydes is 1. The minimum Gasteiger partial charge on any atom is -0.352 e. The first-order chi connectivity index (χ1) is 8.33. The topological polar surface area (TPSA) is 32.9 Å². The Balaban J connectivity index is 2.06. The number of aryl methyl sites for hydroxylation is 1. The number of benzene rings is 1. The van der Waals surface area contributed by atoms with Crippen LogP contribution in [-0.2, 0) is 6.42 Å². The van der Waals surface area contributed by atoms with E-state index in [1.165, 1.54) is 31.2 Å². The summed E-state index contributed by atoms with van der Waals surface area (Å²) in [6.45, 7) is 2.23. The molecule has 2 nitrogen and oxygen atoms in total. The summed E-state index contributed by atoms with van der Waals surface area (Å²) >= 11 is 0. The van der Waals surface area contributed by atoms with Crippen molar-refractivity contribution in [1.29, 1.82) is 0 Å². The molecule has 0 saturated heterocycles. The number of rotatable bonds is 6. The lowest BCUT2D eigenvalue weighted by Crippen LogP contribution is -1.85. The number of aromatic nitrogens is 1. The molecule has 1 aromatic heterocycles. The van der Waals surface area contributed by atoms with E-state index in [-0.39, 0.29) is 0 Å². The molecule has 2 rings (SSSR count). The van der Waals surface area contributed by atoms with Crippen LogP contribution in [0.25, 0.3) is 10.9 Å². The van der Waals surface area contributed by atoms with E-state index >= 15 is 0 Å². The summed E-state index contributed by atoms with van der Waals surface area (Å²) in [6.07, 6.45) is 7.16. The van der Waals surface area contributed by atoms with E-state index < -0.39 is 0 Å². The van der Waals surface area contributed by atoms with Gasteiger partial charge in [-0.1, -0.05) is 32.3 Å². The van der Waals surface area contributed by atoms with Gasteiger partial charge in [-0.25, -0.2) is 0 Å². The Bertz CT molecular complexity index is 499. The molecule has 0 atom stereocenters. The van der Waals surface area contributed by atoms with Gasteiger partial charge in [0.25, 0.3) is 0 Å². The average molecular weight is 229 g/mol. The van der Waals surface area contributed by atoms with E-state index in [4.69, 9.17) is 0 Å². The van der Waals surface area contributed by atoms with Crippen LogP contribution in [0.2, 0.25) is 0 Å². The van der Waals surface area contributed by atoms with Gasteiger partial charge in [0.15, 0.2) is 6.29 Å². The van der Waals surface area contributed by atoms with Crippen molar-refractivity contribution in [2.24, 2.45) is 0 Å². The van der Waals surface area contributed by atoms with Gasteiger partial charge in [0.2, 0.25) is 0 Å². The highest BCUT2D eigenvalue weighted by Gasteiger charge is 2.01. The monoisotopic (exact) mass is 229 g/mol. The van der Waals surface area contributed by atoms with Gasteiger partial charge in [0.05, 0.1) is 5.69 Å². The molecule has 0 amide bonds. The second kappa shape index (κ2) is 5.67. The predicted molar refractivity (Wildman–Crippen MR) is 71.5 cm³/mol. The predicted octanol–water partition coefficient (Wildman–Crippen LogP) is 4.10. The van der Waals surface area contributed by atoms with Crippen LogP contribution in [-0.4, -0.2) is 11.3 Å². The number of nitrogens with one attached hydrogen (secondary N) is 1. The number of carbonyl (C=O) groups is 1. The summed E-state index contributed by atoms with van der Waals surface area (Å²) in [5.41, 5.74) is 3.07. The maximum atomic E-state index is 10.7. The number of fused-ring (bicyclic) bond motifs is 1. The molecule has 0 saturated carbocycles. The summed E-state index contributed by atoms with van der Waals surface area (Å²) in [5.74, 6) is 0. The minimum absolute atomic E-state index is 0.656. The zero-order valence-electron chi connectivity index (χ0n) is 10.3. The van der Waals surface area contributed by atoms with E-state index in [9.17, 15) is 4.79 Å². The third-order valence-electron chi connectivity index (χ3n) is 3.15. The van der Waals surface area contributed by atoms with E-state index in [1.54, 1.807) is 0 Å². The zero-order chi connectivity index (χ0) is 12.1. The molecule has 0 aliphatic carbocycles. The molecular formula is C15H19NO. The average Bonchev–Trinajstić information content (AvgIpc) is 2.77. The normalized spacial score (nSPS) is 10.9. The van der Waals surface area contributed by atoms with Crippen LogP contribution in [0, 0.1) is 0 Å². The Labute approximate surface area is 102 Å². The Morgan fingerprint density at radius 1 is 1.18 bits per heavy atom. The van der Waals surface area contributed by atoms with E-state index in [2.05, 4.69) is 30.1 Å². The highest BCUT2D eigenvalue weighted by molar-refractivity contribution is 5.88. The maximum absolute atomic E-state index is 10.7. The molecule has 0 radical (unpaired) electrons. The van der Waals surface area contributed by atoms with Crippen molar-refractivity contribution in [3.8, 4) is 0 Å². The van der Waals surface area contributed by atoms with E-state index in [0.29, 0.717) is 5.69 Å². The summed E-state index contributed by atoms with van der Waals surface area (Å²) < 4.78 is 0. The van der Waals surface area contributed by atoms with Crippen LogP contribution in [0.15, 0.2) is 24.3 Å². The molecule has 0 aliphatic rings. The largest absolute Gasteiger partial charge is 0.352 e. The molecular weight excluding hydrogens is 210 g/mol. The van der Waals surface area contributed by atoms with Crippen LogP contribution < -0.4 is 0 Å². The van der Waals surface area contributed by atoms with Gasteiger partial charge >= 0.3 is 0 Å². The van der Waals surface area contributed by atoms with Gasteiger partial charge in [-0.3, -0.25) is 4.79 Å². The molecule has 1 heterocycles. The molecule has 2 aromatic rings. The van der Waals surface area contributed by atoms with Gasteiger partial charge in [0.1, 0.15) is 0 Å². The summed E-state index contributed by atoms with van der Waals surface area (Å²) in [7, 11) is 0. The van der Waals surface area contributed by atoms with Gasteiger partial charge in [-0.2, -0.15) is 0 Å². The highest BCUT2D eigenvalue weighted by atomic mass is 16.1. The van der Waals surface area contributed by atoms with Gasteiger partial charge in [-0.05, 0) is 36.6 Å². The Hall–Kier alpha value is -1.57. The van der Waals surface area contributed by atoms with Crippen LogP contribution in [0.5, 0.6) is 0 Å². The van der Waals surface area contributed by atoms with E-state index in [0.717, 1.165) is 23.6 Å². The fraction of sp³-hybridized carbons (Fsp3) is 0.400. The SMILES string of the molecule is CCCCCCc1ccc2[nH]c(C=O)cc2c1. The smallest absolute Gasteiger partial charge is 0.166 e. The third-order valence-corrected chi connectivity index (χ3v) is 3.15. The molecule has 0 aliphatic heterocycles. The highest BCUT2D eigenvalue weighted by Crippen LogP contribution is 2.18. The number of aromatic amines is 1.